The van der Waals surface area contributed by atoms with Crippen LogP contribution in [0, 0.1) is 0 Å². The minimum Gasteiger partial charge on any atom is -0.326 e. The Bertz CT molecular complexity index is 357. The quantitative estimate of drug-likeness (QED) is 0.895. The van der Waals surface area contributed by atoms with Crippen LogP contribution in [0.3, 0.4) is 0 Å². The average Bonchev–Trinajstić information content (AvgIpc) is 2.60. The zero-order valence-electron chi connectivity index (χ0n) is 10.3. The molecule has 2 N–H and O–H groups in total. The van der Waals surface area contributed by atoms with Gasteiger partial charge in [-0.05, 0) is 43.1 Å². The van der Waals surface area contributed by atoms with Crippen LogP contribution in [-0.4, -0.2) is 18.0 Å². The second kappa shape index (κ2) is 6.39. The highest BCUT2D eigenvalue weighted by Gasteiger charge is 2.11. The van der Waals surface area contributed by atoms with Crippen LogP contribution in [0.15, 0.2) is 18.2 Å². The van der Waals surface area contributed by atoms with E-state index in [4.69, 9.17) is 17.3 Å². The summed E-state index contributed by atoms with van der Waals surface area (Å²) in [6.07, 6.45) is 5.38. The molecule has 0 aliphatic carbocycles. The average molecular weight is 253 g/mol. The van der Waals surface area contributed by atoms with E-state index in [0.717, 1.165) is 17.1 Å². The number of hydrogen-bond acceptors (Lipinski definition) is 2. The van der Waals surface area contributed by atoms with Crippen molar-refractivity contribution < 1.29 is 0 Å². The summed E-state index contributed by atoms with van der Waals surface area (Å²) < 4.78 is 0. The maximum atomic E-state index is 6.29. The van der Waals surface area contributed by atoms with Crippen molar-refractivity contribution in [3.8, 4) is 0 Å². The largest absolute Gasteiger partial charge is 0.326 e. The van der Waals surface area contributed by atoms with Gasteiger partial charge in [0, 0.05) is 18.1 Å². The molecule has 0 radical (unpaired) electrons. The Kier molecular flexibility index (Phi) is 4.84. The first-order valence-electron chi connectivity index (χ1n) is 6.49. The van der Waals surface area contributed by atoms with Crippen molar-refractivity contribution in [1.82, 2.24) is 4.90 Å². The molecule has 1 aliphatic heterocycles. The van der Waals surface area contributed by atoms with Crippen LogP contribution in [-0.2, 0) is 13.1 Å². The van der Waals surface area contributed by atoms with Crippen LogP contribution in [0.1, 0.15) is 36.8 Å². The molecular formula is C14H21ClN2. The molecule has 94 valence electrons. The van der Waals surface area contributed by atoms with Gasteiger partial charge in [0.05, 0.1) is 0 Å². The van der Waals surface area contributed by atoms with Crippen molar-refractivity contribution in [2.45, 2.75) is 38.8 Å². The number of likely N-dealkylation sites (tertiary alicyclic amines) is 1. The summed E-state index contributed by atoms with van der Waals surface area (Å²) in [7, 11) is 0. The molecule has 2 nitrogen and oxygen atoms in total. The molecule has 1 aromatic rings. The summed E-state index contributed by atoms with van der Waals surface area (Å²) in [4.78, 5) is 2.51. The van der Waals surface area contributed by atoms with Gasteiger partial charge in [0.15, 0.2) is 0 Å². The standard InChI is InChI=1S/C14H21ClN2/c15-14-9-12(10-16)5-6-13(14)11-17-7-3-1-2-4-8-17/h5-6,9H,1-4,7-8,10-11,16H2. The van der Waals surface area contributed by atoms with Gasteiger partial charge >= 0.3 is 0 Å². The summed E-state index contributed by atoms with van der Waals surface area (Å²) in [5.74, 6) is 0. The van der Waals surface area contributed by atoms with E-state index in [-0.39, 0.29) is 0 Å². The lowest BCUT2D eigenvalue weighted by molar-refractivity contribution is 0.277. The van der Waals surface area contributed by atoms with Gasteiger partial charge < -0.3 is 5.73 Å². The first-order valence-corrected chi connectivity index (χ1v) is 6.87. The van der Waals surface area contributed by atoms with Crippen molar-refractivity contribution in [3.05, 3.63) is 34.3 Å². The Balaban J connectivity index is 2.01. The third kappa shape index (κ3) is 3.70. The lowest BCUT2D eigenvalue weighted by atomic mass is 10.1. The van der Waals surface area contributed by atoms with Crippen LogP contribution in [0.4, 0.5) is 0 Å². The van der Waals surface area contributed by atoms with E-state index in [9.17, 15) is 0 Å². The Morgan fingerprint density at radius 1 is 1.12 bits per heavy atom. The number of halogens is 1. The molecular weight excluding hydrogens is 232 g/mol. The van der Waals surface area contributed by atoms with Gasteiger partial charge in [0.2, 0.25) is 0 Å². The van der Waals surface area contributed by atoms with Crippen LogP contribution >= 0.6 is 11.6 Å². The van der Waals surface area contributed by atoms with Gasteiger partial charge in [-0.1, -0.05) is 36.6 Å². The van der Waals surface area contributed by atoms with Crippen molar-refractivity contribution in [3.63, 3.8) is 0 Å². The van der Waals surface area contributed by atoms with Crippen molar-refractivity contribution in [2.24, 2.45) is 5.73 Å². The molecule has 2 rings (SSSR count). The molecule has 1 heterocycles. The predicted octanol–water partition coefficient (Wildman–Crippen LogP) is 3.17. The molecule has 0 aromatic heterocycles. The van der Waals surface area contributed by atoms with Crippen LogP contribution in [0.5, 0.6) is 0 Å². The first kappa shape index (κ1) is 12.9. The van der Waals surface area contributed by atoms with E-state index in [1.54, 1.807) is 0 Å². The minimum atomic E-state index is 0.559. The molecule has 0 amide bonds. The number of rotatable bonds is 3. The monoisotopic (exact) mass is 252 g/mol. The topological polar surface area (TPSA) is 29.3 Å². The summed E-state index contributed by atoms with van der Waals surface area (Å²) in [5.41, 5.74) is 7.94. The Hall–Kier alpha value is -0.570. The molecule has 1 fully saturated rings. The molecule has 1 aliphatic rings. The maximum absolute atomic E-state index is 6.29. The zero-order chi connectivity index (χ0) is 12.1. The summed E-state index contributed by atoms with van der Waals surface area (Å²) in [6, 6.07) is 6.20. The fraction of sp³-hybridized carbons (Fsp3) is 0.571. The molecule has 1 aromatic carbocycles. The van der Waals surface area contributed by atoms with E-state index in [0.29, 0.717) is 6.54 Å². The van der Waals surface area contributed by atoms with E-state index >= 15 is 0 Å². The minimum absolute atomic E-state index is 0.559. The van der Waals surface area contributed by atoms with E-state index in [2.05, 4.69) is 17.0 Å². The fourth-order valence-electron chi connectivity index (χ4n) is 2.38. The normalized spacial score (nSPS) is 18.0. The van der Waals surface area contributed by atoms with Gasteiger partial charge in [0.1, 0.15) is 0 Å². The predicted molar refractivity (Wildman–Crippen MR) is 73.1 cm³/mol. The number of nitrogens with two attached hydrogens (primary N) is 1. The van der Waals surface area contributed by atoms with Gasteiger partial charge in [-0.3, -0.25) is 4.90 Å². The fourth-order valence-corrected chi connectivity index (χ4v) is 2.64. The van der Waals surface area contributed by atoms with Crippen molar-refractivity contribution in [2.75, 3.05) is 13.1 Å². The van der Waals surface area contributed by atoms with Crippen LogP contribution < -0.4 is 5.73 Å². The highest BCUT2D eigenvalue weighted by molar-refractivity contribution is 6.31. The SMILES string of the molecule is NCc1ccc(CN2CCCCCC2)c(Cl)c1. The first-order chi connectivity index (χ1) is 8.29. The third-order valence-electron chi connectivity index (χ3n) is 3.45. The second-order valence-corrected chi connectivity index (χ2v) is 5.23. The van der Waals surface area contributed by atoms with Crippen LogP contribution in [0.2, 0.25) is 5.02 Å². The molecule has 1 saturated heterocycles. The molecule has 17 heavy (non-hydrogen) atoms. The molecule has 0 unspecified atom stereocenters. The van der Waals surface area contributed by atoms with E-state index < -0.39 is 0 Å². The number of nitrogens with zero attached hydrogens (tertiary/aromatic N) is 1. The zero-order valence-corrected chi connectivity index (χ0v) is 11.0. The smallest absolute Gasteiger partial charge is 0.0454 e. The lowest BCUT2D eigenvalue weighted by Crippen LogP contribution is -2.24. The summed E-state index contributed by atoms with van der Waals surface area (Å²) >= 11 is 6.29. The molecule has 0 atom stereocenters. The number of benzene rings is 1. The Labute approximate surface area is 109 Å². The van der Waals surface area contributed by atoms with Gasteiger partial charge in [-0.2, -0.15) is 0 Å². The molecule has 3 heteroatoms. The van der Waals surface area contributed by atoms with E-state index in [1.165, 1.54) is 44.3 Å². The van der Waals surface area contributed by atoms with E-state index in [1.807, 2.05) is 6.07 Å². The molecule has 0 saturated carbocycles. The maximum Gasteiger partial charge on any atom is 0.0454 e. The highest BCUT2D eigenvalue weighted by Crippen LogP contribution is 2.21. The summed E-state index contributed by atoms with van der Waals surface area (Å²) in [5, 5.41) is 0.859. The van der Waals surface area contributed by atoms with Gasteiger partial charge in [-0.25, -0.2) is 0 Å². The third-order valence-corrected chi connectivity index (χ3v) is 3.80. The summed E-state index contributed by atoms with van der Waals surface area (Å²) in [6.45, 7) is 3.94. The molecule has 0 spiro atoms. The Morgan fingerprint density at radius 2 is 1.82 bits per heavy atom. The van der Waals surface area contributed by atoms with Crippen LogP contribution in [0.25, 0.3) is 0 Å². The lowest BCUT2D eigenvalue weighted by Gasteiger charge is -2.20. The number of hydrogen-bond donors (Lipinski definition) is 1. The second-order valence-electron chi connectivity index (χ2n) is 4.82. The van der Waals surface area contributed by atoms with Crippen molar-refractivity contribution >= 4 is 11.6 Å². The van der Waals surface area contributed by atoms with Gasteiger partial charge in [-0.15, -0.1) is 0 Å². The molecule has 0 bridgehead atoms. The van der Waals surface area contributed by atoms with Crippen molar-refractivity contribution in [1.29, 1.82) is 0 Å². The Morgan fingerprint density at radius 3 is 2.41 bits per heavy atom. The van der Waals surface area contributed by atoms with Gasteiger partial charge in [0.25, 0.3) is 0 Å². The highest BCUT2D eigenvalue weighted by atomic mass is 35.5.